The van der Waals surface area contributed by atoms with E-state index in [0.29, 0.717) is 5.56 Å². The predicted molar refractivity (Wildman–Crippen MR) is 85.4 cm³/mol. The third-order valence-electron chi connectivity index (χ3n) is 4.21. The lowest BCUT2D eigenvalue weighted by atomic mass is 10.0. The van der Waals surface area contributed by atoms with E-state index in [0.717, 1.165) is 38.0 Å². The number of halogens is 1. The van der Waals surface area contributed by atoms with E-state index < -0.39 is 0 Å². The van der Waals surface area contributed by atoms with E-state index in [1.807, 2.05) is 12.1 Å². The summed E-state index contributed by atoms with van der Waals surface area (Å²) < 4.78 is 14.5. The second-order valence-corrected chi connectivity index (χ2v) is 6.05. The molecule has 1 saturated heterocycles. The molecule has 5 nitrogen and oxygen atoms in total. The highest BCUT2D eigenvalue weighted by Crippen LogP contribution is 2.15. The Labute approximate surface area is 135 Å². The molecule has 23 heavy (non-hydrogen) atoms. The zero-order valence-corrected chi connectivity index (χ0v) is 13.2. The lowest BCUT2D eigenvalue weighted by molar-refractivity contribution is 0.0909. The fraction of sp³-hybridized carbons (Fsp3) is 0.412. The van der Waals surface area contributed by atoms with Crippen LogP contribution in [0.2, 0.25) is 0 Å². The summed E-state index contributed by atoms with van der Waals surface area (Å²) >= 11 is 0. The molecule has 0 saturated carbocycles. The van der Waals surface area contributed by atoms with Gasteiger partial charge in [-0.25, -0.2) is 4.39 Å². The molecule has 1 aromatic carbocycles. The van der Waals surface area contributed by atoms with E-state index >= 15 is 0 Å². The van der Waals surface area contributed by atoms with Gasteiger partial charge in [-0.3, -0.25) is 14.4 Å². The topological polar surface area (TPSA) is 50.2 Å². The van der Waals surface area contributed by atoms with Gasteiger partial charge in [-0.1, -0.05) is 12.1 Å². The molecule has 2 aromatic rings. The molecule has 3 rings (SSSR count). The number of benzene rings is 1. The molecule has 0 radical (unpaired) electrons. The monoisotopic (exact) mass is 316 g/mol. The van der Waals surface area contributed by atoms with Crippen LogP contribution in [0.25, 0.3) is 0 Å². The average molecular weight is 316 g/mol. The Morgan fingerprint density at radius 3 is 2.61 bits per heavy atom. The summed E-state index contributed by atoms with van der Waals surface area (Å²) in [7, 11) is 1.80. The number of carbonyl (C=O) groups excluding carboxylic acids is 1. The third kappa shape index (κ3) is 4.16. The molecule has 1 fully saturated rings. The van der Waals surface area contributed by atoms with Gasteiger partial charge in [-0.05, 0) is 30.5 Å². The second kappa shape index (κ2) is 6.91. The summed E-state index contributed by atoms with van der Waals surface area (Å²) in [5.41, 5.74) is 1.71. The first kappa shape index (κ1) is 15.7. The second-order valence-electron chi connectivity index (χ2n) is 6.05. The number of amides is 1. The molecule has 0 spiro atoms. The smallest absolute Gasteiger partial charge is 0.254 e. The predicted octanol–water partition coefficient (Wildman–Crippen LogP) is 1.95. The first-order valence-corrected chi connectivity index (χ1v) is 7.86. The van der Waals surface area contributed by atoms with E-state index in [1.165, 1.54) is 12.1 Å². The maximum absolute atomic E-state index is 12.9. The van der Waals surface area contributed by atoms with Gasteiger partial charge < -0.3 is 5.32 Å². The lowest BCUT2D eigenvalue weighted by Gasteiger charge is -2.32. The SMILES string of the molecule is Cn1cc(C(=O)NC2CCN(Cc3ccc(F)cc3)CC2)cn1. The fourth-order valence-electron chi connectivity index (χ4n) is 2.89. The molecule has 0 unspecified atom stereocenters. The van der Waals surface area contributed by atoms with Crippen LogP contribution in [0.15, 0.2) is 36.7 Å². The van der Waals surface area contributed by atoms with E-state index in [1.54, 1.807) is 24.1 Å². The summed E-state index contributed by atoms with van der Waals surface area (Å²) in [6.07, 6.45) is 5.15. The van der Waals surface area contributed by atoms with Crippen LogP contribution >= 0.6 is 0 Å². The zero-order chi connectivity index (χ0) is 16.2. The van der Waals surface area contributed by atoms with Crippen LogP contribution in [-0.4, -0.2) is 39.7 Å². The summed E-state index contributed by atoms with van der Waals surface area (Å²) in [6, 6.07) is 6.84. The first-order chi connectivity index (χ1) is 11.1. The Morgan fingerprint density at radius 1 is 1.30 bits per heavy atom. The van der Waals surface area contributed by atoms with Crippen LogP contribution in [0.5, 0.6) is 0 Å². The third-order valence-corrected chi connectivity index (χ3v) is 4.21. The quantitative estimate of drug-likeness (QED) is 0.938. The number of aryl methyl sites for hydroxylation is 1. The maximum Gasteiger partial charge on any atom is 0.254 e. The van der Waals surface area contributed by atoms with Crippen molar-refractivity contribution in [3.05, 3.63) is 53.6 Å². The molecule has 1 N–H and O–H groups in total. The Kier molecular flexibility index (Phi) is 4.71. The van der Waals surface area contributed by atoms with Crippen molar-refractivity contribution in [2.75, 3.05) is 13.1 Å². The van der Waals surface area contributed by atoms with Gasteiger partial charge >= 0.3 is 0 Å². The summed E-state index contributed by atoms with van der Waals surface area (Å²) in [4.78, 5) is 14.5. The molecule has 6 heteroatoms. The van der Waals surface area contributed by atoms with Crippen LogP contribution in [0.1, 0.15) is 28.8 Å². The van der Waals surface area contributed by atoms with Crippen molar-refractivity contribution < 1.29 is 9.18 Å². The Balaban J connectivity index is 1.46. The molecular formula is C17H21FN4O. The average Bonchev–Trinajstić information content (AvgIpc) is 2.98. The summed E-state index contributed by atoms with van der Waals surface area (Å²) in [5, 5.41) is 7.09. The van der Waals surface area contributed by atoms with Crippen LogP contribution in [-0.2, 0) is 13.6 Å². The van der Waals surface area contributed by atoms with Gasteiger partial charge in [0.2, 0.25) is 0 Å². The minimum Gasteiger partial charge on any atom is -0.349 e. The van der Waals surface area contributed by atoms with Crippen molar-refractivity contribution in [2.45, 2.75) is 25.4 Å². The van der Waals surface area contributed by atoms with Crippen molar-refractivity contribution >= 4 is 5.91 Å². The van der Waals surface area contributed by atoms with Gasteiger partial charge in [-0.15, -0.1) is 0 Å². The molecule has 1 aliphatic heterocycles. The van der Waals surface area contributed by atoms with Crippen LogP contribution < -0.4 is 5.32 Å². The minimum absolute atomic E-state index is 0.0601. The van der Waals surface area contributed by atoms with Gasteiger partial charge in [0, 0.05) is 38.9 Å². The van der Waals surface area contributed by atoms with E-state index in [4.69, 9.17) is 0 Å². The van der Waals surface area contributed by atoms with Crippen molar-refractivity contribution in [1.29, 1.82) is 0 Å². The molecule has 1 aromatic heterocycles. The number of carbonyl (C=O) groups is 1. The largest absolute Gasteiger partial charge is 0.349 e. The van der Waals surface area contributed by atoms with E-state index in [-0.39, 0.29) is 17.8 Å². The molecule has 0 bridgehead atoms. The Bertz CT molecular complexity index is 659. The highest BCUT2D eigenvalue weighted by atomic mass is 19.1. The van der Waals surface area contributed by atoms with Gasteiger partial charge in [-0.2, -0.15) is 5.10 Å². The highest BCUT2D eigenvalue weighted by molar-refractivity contribution is 5.93. The van der Waals surface area contributed by atoms with E-state index in [9.17, 15) is 9.18 Å². The number of likely N-dealkylation sites (tertiary alicyclic amines) is 1. The van der Waals surface area contributed by atoms with Crippen LogP contribution in [0.3, 0.4) is 0 Å². The normalized spacial score (nSPS) is 16.4. The number of nitrogens with zero attached hydrogens (tertiary/aromatic N) is 3. The number of hydrogen-bond acceptors (Lipinski definition) is 3. The van der Waals surface area contributed by atoms with Gasteiger partial charge in [0.25, 0.3) is 5.91 Å². The molecule has 0 aliphatic carbocycles. The Hall–Kier alpha value is -2.21. The van der Waals surface area contributed by atoms with Crippen molar-refractivity contribution in [3.8, 4) is 0 Å². The molecule has 1 aliphatic rings. The van der Waals surface area contributed by atoms with Gasteiger partial charge in [0.05, 0.1) is 11.8 Å². The van der Waals surface area contributed by atoms with Gasteiger partial charge in [0.15, 0.2) is 0 Å². The van der Waals surface area contributed by atoms with Crippen molar-refractivity contribution in [2.24, 2.45) is 7.05 Å². The summed E-state index contributed by atoms with van der Waals surface area (Å²) in [5.74, 6) is -0.263. The number of aromatic nitrogens is 2. The first-order valence-electron chi connectivity index (χ1n) is 7.86. The number of piperidine rings is 1. The highest BCUT2D eigenvalue weighted by Gasteiger charge is 2.21. The molecule has 2 heterocycles. The molecule has 1 amide bonds. The fourth-order valence-corrected chi connectivity index (χ4v) is 2.89. The molecule has 0 atom stereocenters. The van der Waals surface area contributed by atoms with Crippen molar-refractivity contribution in [3.63, 3.8) is 0 Å². The zero-order valence-electron chi connectivity index (χ0n) is 13.2. The van der Waals surface area contributed by atoms with Crippen LogP contribution in [0.4, 0.5) is 4.39 Å². The molecule has 122 valence electrons. The Morgan fingerprint density at radius 2 is 2.00 bits per heavy atom. The standard InChI is InChI=1S/C17H21FN4O/c1-21-12-14(10-19-21)17(23)20-16-6-8-22(9-7-16)11-13-2-4-15(18)5-3-13/h2-5,10,12,16H,6-9,11H2,1H3,(H,20,23). The number of nitrogens with one attached hydrogen (secondary N) is 1. The lowest BCUT2D eigenvalue weighted by Crippen LogP contribution is -2.44. The minimum atomic E-state index is -0.203. The summed E-state index contributed by atoms with van der Waals surface area (Å²) in [6.45, 7) is 2.67. The maximum atomic E-state index is 12.9. The van der Waals surface area contributed by atoms with E-state index in [2.05, 4.69) is 15.3 Å². The van der Waals surface area contributed by atoms with Crippen LogP contribution in [0, 0.1) is 5.82 Å². The van der Waals surface area contributed by atoms with Gasteiger partial charge in [0.1, 0.15) is 5.82 Å². The number of rotatable bonds is 4. The molecular weight excluding hydrogens is 295 g/mol. The van der Waals surface area contributed by atoms with Crippen molar-refractivity contribution in [1.82, 2.24) is 20.0 Å². The number of hydrogen-bond donors (Lipinski definition) is 1.